The van der Waals surface area contributed by atoms with Crippen LogP contribution in [0.15, 0.2) is 48.5 Å². The maximum Gasteiger partial charge on any atom is 0.312 e. The smallest absolute Gasteiger partial charge is 0.312 e. The standard InChI is InChI=1S/C18H20FN3O2/c1-12(22-17(23)10-11-21-18(20)24)13-2-4-14(5-3-13)15-6-8-16(19)9-7-15/h2-9,12H,10-11H2,1H3,(H,22,23)(H3,20,21,24). The lowest BCUT2D eigenvalue weighted by molar-refractivity contribution is -0.121. The van der Waals surface area contributed by atoms with Crippen molar-refractivity contribution >= 4 is 11.9 Å². The predicted molar refractivity (Wildman–Crippen MR) is 90.6 cm³/mol. The van der Waals surface area contributed by atoms with Crippen LogP contribution in [0.25, 0.3) is 11.1 Å². The number of hydrogen-bond donors (Lipinski definition) is 3. The van der Waals surface area contributed by atoms with Crippen LogP contribution in [0, 0.1) is 5.82 Å². The minimum atomic E-state index is -0.646. The van der Waals surface area contributed by atoms with E-state index in [0.717, 1.165) is 16.7 Å². The summed E-state index contributed by atoms with van der Waals surface area (Å²) in [5.74, 6) is -0.434. The van der Waals surface area contributed by atoms with Gasteiger partial charge >= 0.3 is 6.03 Å². The molecule has 0 bridgehead atoms. The summed E-state index contributed by atoms with van der Waals surface area (Å²) in [6, 6.07) is 13.2. The van der Waals surface area contributed by atoms with E-state index < -0.39 is 6.03 Å². The highest BCUT2D eigenvalue weighted by molar-refractivity contribution is 5.78. The third kappa shape index (κ3) is 5.08. The fourth-order valence-corrected chi connectivity index (χ4v) is 2.30. The van der Waals surface area contributed by atoms with Crippen LogP contribution in [0.4, 0.5) is 9.18 Å². The fraction of sp³-hybridized carbons (Fsp3) is 0.222. The molecule has 1 unspecified atom stereocenters. The van der Waals surface area contributed by atoms with Crippen molar-refractivity contribution in [3.05, 3.63) is 59.9 Å². The first-order valence-electron chi connectivity index (χ1n) is 7.64. The van der Waals surface area contributed by atoms with E-state index in [4.69, 9.17) is 5.73 Å². The number of carbonyl (C=O) groups is 2. The molecule has 5 nitrogen and oxygen atoms in total. The van der Waals surface area contributed by atoms with Crippen molar-refractivity contribution in [3.8, 4) is 11.1 Å². The number of nitrogens with one attached hydrogen (secondary N) is 2. The molecule has 4 N–H and O–H groups in total. The van der Waals surface area contributed by atoms with Crippen molar-refractivity contribution < 1.29 is 14.0 Å². The number of primary amides is 1. The Bertz CT molecular complexity index is 699. The number of rotatable bonds is 6. The maximum atomic E-state index is 13.0. The molecule has 0 saturated carbocycles. The second-order valence-corrected chi connectivity index (χ2v) is 5.46. The Balaban J connectivity index is 1.93. The van der Waals surface area contributed by atoms with Crippen LogP contribution in [0.1, 0.15) is 24.9 Å². The Morgan fingerprint density at radius 1 is 1.04 bits per heavy atom. The number of halogens is 1. The van der Waals surface area contributed by atoms with Crippen molar-refractivity contribution in [1.82, 2.24) is 10.6 Å². The van der Waals surface area contributed by atoms with Crippen molar-refractivity contribution in [3.63, 3.8) is 0 Å². The zero-order valence-corrected chi connectivity index (χ0v) is 13.4. The van der Waals surface area contributed by atoms with Gasteiger partial charge in [0.15, 0.2) is 0 Å². The van der Waals surface area contributed by atoms with Crippen LogP contribution in [-0.2, 0) is 4.79 Å². The van der Waals surface area contributed by atoms with E-state index in [9.17, 15) is 14.0 Å². The van der Waals surface area contributed by atoms with E-state index in [1.54, 1.807) is 12.1 Å². The minimum absolute atomic E-state index is 0.159. The van der Waals surface area contributed by atoms with Crippen molar-refractivity contribution in [1.29, 1.82) is 0 Å². The third-order valence-electron chi connectivity index (χ3n) is 3.62. The quantitative estimate of drug-likeness (QED) is 0.761. The van der Waals surface area contributed by atoms with Gasteiger partial charge in [-0.1, -0.05) is 36.4 Å². The molecule has 3 amide bonds. The Kier molecular flexibility index (Phi) is 5.89. The summed E-state index contributed by atoms with van der Waals surface area (Å²) in [5.41, 5.74) is 7.80. The SMILES string of the molecule is CC(NC(=O)CCNC(N)=O)c1ccc(-c2ccc(F)cc2)cc1. The molecule has 6 heteroatoms. The van der Waals surface area contributed by atoms with E-state index in [0.29, 0.717) is 0 Å². The van der Waals surface area contributed by atoms with Crippen molar-refractivity contribution in [2.24, 2.45) is 5.73 Å². The zero-order valence-electron chi connectivity index (χ0n) is 13.4. The Hall–Kier alpha value is -2.89. The number of carbonyl (C=O) groups excluding carboxylic acids is 2. The first-order valence-corrected chi connectivity index (χ1v) is 7.64. The normalized spacial score (nSPS) is 11.6. The number of nitrogens with two attached hydrogens (primary N) is 1. The Labute approximate surface area is 140 Å². The van der Waals surface area contributed by atoms with Crippen LogP contribution >= 0.6 is 0 Å². The van der Waals surface area contributed by atoms with Gasteiger partial charge in [-0.15, -0.1) is 0 Å². The molecule has 0 fully saturated rings. The number of hydrogen-bond acceptors (Lipinski definition) is 2. The number of amides is 3. The average Bonchev–Trinajstić information content (AvgIpc) is 2.55. The van der Waals surface area contributed by atoms with Crippen LogP contribution in [0.5, 0.6) is 0 Å². The second kappa shape index (κ2) is 8.10. The van der Waals surface area contributed by atoms with Gasteiger partial charge in [0.25, 0.3) is 0 Å². The predicted octanol–water partition coefficient (Wildman–Crippen LogP) is 2.73. The van der Waals surface area contributed by atoms with Gasteiger partial charge in [0.1, 0.15) is 5.82 Å². The van der Waals surface area contributed by atoms with E-state index in [2.05, 4.69) is 10.6 Å². The molecule has 2 aromatic carbocycles. The van der Waals surface area contributed by atoms with Gasteiger partial charge in [-0.2, -0.15) is 0 Å². The molecule has 0 radical (unpaired) electrons. The molecular weight excluding hydrogens is 309 g/mol. The summed E-state index contributed by atoms with van der Waals surface area (Å²) >= 11 is 0. The van der Waals surface area contributed by atoms with Gasteiger partial charge in [-0.25, -0.2) is 9.18 Å². The average molecular weight is 329 g/mol. The largest absolute Gasteiger partial charge is 0.352 e. The summed E-state index contributed by atoms with van der Waals surface area (Å²) in [6.07, 6.45) is 0.168. The van der Waals surface area contributed by atoms with Gasteiger partial charge in [-0.3, -0.25) is 4.79 Å². The van der Waals surface area contributed by atoms with Crippen LogP contribution < -0.4 is 16.4 Å². The van der Waals surface area contributed by atoms with E-state index >= 15 is 0 Å². The lowest BCUT2D eigenvalue weighted by Gasteiger charge is -2.15. The van der Waals surface area contributed by atoms with Crippen LogP contribution in [0.2, 0.25) is 0 Å². The van der Waals surface area contributed by atoms with Crippen molar-refractivity contribution in [2.75, 3.05) is 6.54 Å². The molecular formula is C18H20FN3O2. The van der Waals surface area contributed by atoms with E-state index in [1.165, 1.54) is 12.1 Å². The summed E-state index contributed by atoms with van der Waals surface area (Å²) in [6.45, 7) is 2.09. The molecule has 1 atom stereocenters. The molecule has 0 heterocycles. The van der Waals surface area contributed by atoms with Crippen LogP contribution in [-0.4, -0.2) is 18.5 Å². The molecule has 0 spiro atoms. The lowest BCUT2D eigenvalue weighted by Crippen LogP contribution is -2.34. The third-order valence-corrected chi connectivity index (χ3v) is 3.62. The molecule has 24 heavy (non-hydrogen) atoms. The van der Waals surface area contributed by atoms with Crippen molar-refractivity contribution in [2.45, 2.75) is 19.4 Å². The summed E-state index contributed by atoms with van der Waals surface area (Å²) < 4.78 is 13.0. The molecule has 2 rings (SSSR count). The van der Waals surface area contributed by atoms with Gasteiger partial charge in [-0.05, 0) is 35.7 Å². The van der Waals surface area contributed by atoms with E-state index in [-0.39, 0.29) is 30.7 Å². The van der Waals surface area contributed by atoms with Gasteiger partial charge in [0.05, 0.1) is 6.04 Å². The van der Waals surface area contributed by atoms with Gasteiger partial charge in [0.2, 0.25) is 5.91 Å². The molecule has 0 aliphatic heterocycles. The molecule has 126 valence electrons. The number of benzene rings is 2. The second-order valence-electron chi connectivity index (χ2n) is 5.46. The summed E-state index contributed by atoms with van der Waals surface area (Å²) in [4.78, 5) is 22.3. The first-order chi connectivity index (χ1) is 11.5. The Morgan fingerprint density at radius 3 is 2.12 bits per heavy atom. The fourth-order valence-electron chi connectivity index (χ4n) is 2.30. The highest BCUT2D eigenvalue weighted by Crippen LogP contribution is 2.22. The van der Waals surface area contributed by atoms with Crippen LogP contribution in [0.3, 0.4) is 0 Å². The molecule has 0 aliphatic carbocycles. The molecule has 0 aliphatic rings. The monoisotopic (exact) mass is 329 g/mol. The minimum Gasteiger partial charge on any atom is -0.352 e. The van der Waals surface area contributed by atoms with E-state index in [1.807, 2.05) is 31.2 Å². The molecule has 0 aromatic heterocycles. The maximum absolute atomic E-state index is 13.0. The topological polar surface area (TPSA) is 84.2 Å². The van der Waals surface area contributed by atoms with Gasteiger partial charge < -0.3 is 16.4 Å². The highest BCUT2D eigenvalue weighted by atomic mass is 19.1. The Morgan fingerprint density at radius 2 is 1.58 bits per heavy atom. The molecule has 0 saturated heterocycles. The van der Waals surface area contributed by atoms with Gasteiger partial charge in [0, 0.05) is 13.0 Å². The lowest BCUT2D eigenvalue weighted by atomic mass is 10.0. The summed E-state index contributed by atoms with van der Waals surface area (Å²) in [7, 11) is 0. The summed E-state index contributed by atoms with van der Waals surface area (Å²) in [5, 5.41) is 5.23. The first kappa shape index (κ1) is 17.5. The number of urea groups is 1. The highest BCUT2D eigenvalue weighted by Gasteiger charge is 2.10. The molecule has 2 aromatic rings. The zero-order chi connectivity index (χ0) is 17.5.